The first-order valence-corrected chi connectivity index (χ1v) is 13.6. The minimum absolute atomic E-state index is 0.207. The summed E-state index contributed by atoms with van der Waals surface area (Å²) < 4.78 is 21.8. The summed E-state index contributed by atoms with van der Waals surface area (Å²) in [6, 6.07) is 14.5. The molecule has 2 aromatic rings. The van der Waals surface area contributed by atoms with Crippen LogP contribution in [0.15, 0.2) is 64.8 Å². The number of para-hydroxylation sites is 1. The SMILES string of the molecule is COC(=O)C1=C(C)N=C(C)C(C(=O)OC)C1c1cc(Cl)ccc1OCCCCNCC(O)COc1ccccc1. The molecule has 0 radical (unpaired) electrons. The van der Waals surface area contributed by atoms with Gasteiger partial charge in [0.15, 0.2) is 0 Å². The highest BCUT2D eigenvalue weighted by Gasteiger charge is 2.43. The van der Waals surface area contributed by atoms with Crippen molar-refractivity contribution in [3.8, 4) is 11.5 Å². The zero-order valence-corrected chi connectivity index (χ0v) is 24.1. The quantitative estimate of drug-likeness (QED) is 0.254. The molecule has 0 aliphatic carbocycles. The van der Waals surface area contributed by atoms with Crippen LogP contribution in [0, 0.1) is 5.92 Å². The van der Waals surface area contributed by atoms with E-state index in [4.69, 9.17) is 30.5 Å². The first kappa shape index (κ1) is 31.1. The topological polar surface area (TPSA) is 116 Å². The van der Waals surface area contributed by atoms with Gasteiger partial charge < -0.3 is 29.4 Å². The highest BCUT2D eigenvalue weighted by atomic mass is 35.5. The number of aliphatic imine (C=N–C) groups is 1. The van der Waals surface area contributed by atoms with Crippen LogP contribution >= 0.6 is 11.6 Å². The summed E-state index contributed by atoms with van der Waals surface area (Å²) in [5, 5.41) is 13.8. The van der Waals surface area contributed by atoms with Gasteiger partial charge in [-0.1, -0.05) is 29.8 Å². The number of nitrogens with one attached hydrogen (secondary N) is 1. The van der Waals surface area contributed by atoms with Crippen LogP contribution in [-0.2, 0) is 19.1 Å². The van der Waals surface area contributed by atoms with Crippen LogP contribution in [0.4, 0.5) is 0 Å². The Labute approximate surface area is 240 Å². The van der Waals surface area contributed by atoms with Gasteiger partial charge in [0.1, 0.15) is 30.1 Å². The van der Waals surface area contributed by atoms with Crippen LogP contribution < -0.4 is 14.8 Å². The Hall–Kier alpha value is -3.40. The fraction of sp³-hybridized carbons (Fsp3) is 0.433. The van der Waals surface area contributed by atoms with Crippen molar-refractivity contribution in [3.63, 3.8) is 0 Å². The first-order chi connectivity index (χ1) is 19.3. The third-order valence-corrected chi connectivity index (χ3v) is 6.80. The molecule has 0 aromatic heterocycles. The van der Waals surface area contributed by atoms with Crippen LogP contribution in [0.2, 0.25) is 5.02 Å². The normalized spacial score (nSPS) is 17.6. The van der Waals surface area contributed by atoms with Crippen LogP contribution in [-0.4, -0.2) is 69.4 Å². The standard InChI is InChI=1S/C30H37ClN2O7/c1-19-26(29(35)37-3)28(27(20(2)33-19)30(36)38-4)24-16-21(31)12-13-25(24)39-15-9-8-14-32-17-22(34)18-40-23-10-6-5-7-11-23/h5-7,10-13,16,22,26,28,32,34H,8-9,14-15,17-18H2,1-4H3. The minimum Gasteiger partial charge on any atom is -0.493 e. The number of aliphatic hydroxyl groups is 1. The Morgan fingerprint density at radius 3 is 2.50 bits per heavy atom. The largest absolute Gasteiger partial charge is 0.493 e. The lowest BCUT2D eigenvalue weighted by Crippen LogP contribution is -2.36. The predicted octanol–water partition coefficient (Wildman–Crippen LogP) is 4.32. The number of hydrogen-bond donors (Lipinski definition) is 2. The van der Waals surface area contributed by atoms with E-state index in [0.29, 0.717) is 47.4 Å². The molecule has 1 heterocycles. The Bertz CT molecular complexity index is 1220. The second kappa shape index (κ2) is 15.4. The van der Waals surface area contributed by atoms with Crippen LogP contribution in [0.3, 0.4) is 0 Å². The first-order valence-electron chi connectivity index (χ1n) is 13.2. The fourth-order valence-electron chi connectivity index (χ4n) is 4.65. The number of esters is 2. The summed E-state index contributed by atoms with van der Waals surface area (Å²) in [4.78, 5) is 30.1. The Kier molecular flexibility index (Phi) is 12.0. The smallest absolute Gasteiger partial charge is 0.336 e. The molecule has 0 saturated carbocycles. The maximum Gasteiger partial charge on any atom is 0.336 e. The maximum absolute atomic E-state index is 12.9. The van der Waals surface area contributed by atoms with Gasteiger partial charge in [0.25, 0.3) is 0 Å². The molecular formula is C30H37ClN2O7. The van der Waals surface area contributed by atoms with Crippen molar-refractivity contribution >= 4 is 29.3 Å². The molecule has 0 bridgehead atoms. The number of carbonyl (C=O) groups excluding carboxylic acids is 2. The van der Waals surface area contributed by atoms with Gasteiger partial charge in [-0.3, -0.25) is 9.79 Å². The number of benzene rings is 2. The van der Waals surface area contributed by atoms with E-state index in [0.717, 1.165) is 18.6 Å². The van der Waals surface area contributed by atoms with Gasteiger partial charge in [0, 0.05) is 34.5 Å². The van der Waals surface area contributed by atoms with Crippen LogP contribution in [0.1, 0.15) is 38.2 Å². The molecular weight excluding hydrogens is 536 g/mol. The van der Waals surface area contributed by atoms with E-state index in [9.17, 15) is 14.7 Å². The number of methoxy groups -OCH3 is 2. The lowest BCUT2D eigenvalue weighted by Gasteiger charge is -2.32. The Morgan fingerprint density at radius 2 is 1.80 bits per heavy atom. The number of aliphatic hydroxyl groups excluding tert-OH is 1. The molecule has 2 N–H and O–H groups in total. The zero-order valence-electron chi connectivity index (χ0n) is 23.3. The van der Waals surface area contributed by atoms with Crippen molar-refractivity contribution in [2.75, 3.05) is 40.5 Å². The van der Waals surface area contributed by atoms with E-state index >= 15 is 0 Å². The second-order valence-corrected chi connectivity index (χ2v) is 9.88. The minimum atomic E-state index is -0.842. The van der Waals surface area contributed by atoms with Crippen molar-refractivity contribution in [2.45, 2.75) is 38.7 Å². The summed E-state index contributed by atoms with van der Waals surface area (Å²) in [6.07, 6.45) is 0.913. The molecule has 216 valence electrons. The molecule has 0 fully saturated rings. The molecule has 0 saturated heterocycles. The molecule has 40 heavy (non-hydrogen) atoms. The molecule has 0 amide bonds. The van der Waals surface area contributed by atoms with Gasteiger partial charge in [-0.15, -0.1) is 0 Å². The van der Waals surface area contributed by atoms with Crippen LogP contribution in [0.25, 0.3) is 0 Å². The van der Waals surface area contributed by atoms with E-state index in [2.05, 4.69) is 10.3 Å². The fourth-order valence-corrected chi connectivity index (χ4v) is 4.83. The summed E-state index contributed by atoms with van der Waals surface area (Å²) in [5.74, 6) is -1.46. The molecule has 9 nitrogen and oxygen atoms in total. The van der Waals surface area contributed by atoms with Crippen molar-refractivity contribution in [1.29, 1.82) is 0 Å². The third-order valence-electron chi connectivity index (χ3n) is 6.57. The van der Waals surface area contributed by atoms with Gasteiger partial charge in [0.2, 0.25) is 0 Å². The van der Waals surface area contributed by atoms with Gasteiger partial charge in [-0.05, 0) is 63.6 Å². The molecule has 3 atom stereocenters. The van der Waals surface area contributed by atoms with E-state index in [-0.39, 0.29) is 12.2 Å². The van der Waals surface area contributed by atoms with E-state index in [1.807, 2.05) is 30.3 Å². The highest BCUT2D eigenvalue weighted by Crippen LogP contribution is 2.44. The number of carbonyl (C=O) groups is 2. The summed E-state index contributed by atoms with van der Waals surface area (Å²) >= 11 is 6.36. The lowest BCUT2D eigenvalue weighted by atomic mass is 9.75. The lowest BCUT2D eigenvalue weighted by molar-refractivity contribution is -0.143. The Morgan fingerprint density at radius 1 is 1.05 bits per heavy atom. The number of halogens is 1. The van der Waals surface area contributed by atoms with Crippen molar-refractivity contribution in [3.05, 3.63) is 70.4 Å². The van der Waals surface area contributed by atoms with E-state index in [1.165, 1.54) is 14.2 Å². The zero-order chi connectivity index (χ0) is 29.1. The molecule has 3 unspecified atom stereocenters. The van der Waals surface area contributed by atoms with Gasteiger partial charge in [0.05, 0.1) is 26.4 Å². The average Bonchev–Trinajstić information content (AvgIpc) is 2.95. The Balaban J connectivity index is 1.60. The van der Waals surface area contributed by atoms with E-state index in [1.54, 1.807) is 32.0 Å². The molecule has 0 spiro atoms. The van der Waals surface area contributed by atoms with Crippen molar-refractivity contribution < 1.29 is 33.6 Å². The van der Waals surface area contributed by atoms with Crippen LogP contribution in [0.5, 0.6) is 11.5 Å². The summed E-state index contributed by atoms with van der Waals surface area (Å²) in [6.45, 7) is 5.15. The molecule has 3 rings (SSSR count). The second-order valence-electron chi connectivity index (χ2n) is 9.44. The number of nitrogens with zero attached hydrogens (tertiary/aromatic N) is 1. The highest BCUT2D eigenvalue weighted by molar-refractivity contribution is 6.30. The van der Waals surface area contributed by atoms with Gasteiger partial charge in [-0.25, -0.2) is 4.79 Å². The number of hydrogen-bond acceptors (Lipinski definition) is 9. The van der Waals surface area contributed by atoms with Crippen molar-refractivity contribution in [1.82, 2.24) is 5.32 Å². The van der Waals surface area contributed by atoms with E-state index < -0.39 is 29.9 Å². The van der Waals surface area contributed by atoms with Gasteiger partial charge in [-0.2, -0.15) is 0 Å². The number of rotatable bonds is 14. The van der Waals surface area contributed by atoms with Crippen molar-refractivity contribution in [2.24, 2.45) is 10.9 Å². The summed E-state index contributed by atoms with van der Waals surface area (Å²) in [7, 11) is 2.59. The monoisotopic (exact) mass is 572 g/mol. The number of ether oxygens (including phenoxy) is 4. The summed E-state index contributed by atoms with van der Waals surface area (Å²) in [5.41, 5.74) is 1.82. The number of unbranched alkanes of at least 4 members (excludes halogenated alkanes) is 1. The number of allylic oxidation sites excluding steroid dienone is 1. The van der Waals surface area contributed by atoms with Gasteiger partial charge >= 0.3 is 11.9 Å². The predicted molar refractivity (Wildman–Crippen MR) is 153 cm³/mol. The average molecular weight is 573 g/mol. The molecule has 10 heteroatoms. The maximum atomic E-state index is 12.9. The molecule has 1 aliphatic heterocycles. The third kappa shape index (κ3) is 8.30. The molecule has 1 aliphatic rings. The molecule has 2 aromatic carbocycles.